The Morgan fingerprint density at radius 2 is 1.94 bits per heavy atom. The molecule has 3 unspecified atom stereocenters. The monoisotopic (exact) mass is 471 g/mol. The van der Waals surface area contributed by atoms with Crippen molar-refractivity contribution in [2.24, 2.45) is 17.8 Å². The first-order chi connectivity index (χ1) is 16.3. The average Bonchev–Trinajstić information content (AvgIpc) is 3.34. The largest absolute Gasteiger partial charge is 0.394 e. The van der Waals surface area contributed by atoms with Gasteiger partial charge in [-0.15, -0.1) is 0 Å². The summed E-state index contributed by atoms with van der Waals surface area (Å²) in [6.45, 7) is 6.17. The highest BCUT2D eigenvalue weighted by atomic mass is 16.5. The first-order valence-corrected chi connectivity index (χ1v) is 12.4. The normalized spacial score (nSPS) is 34.7. The molecule has 7 atom stereocenters. The van der Waals surface area contributed by atoms with Gasteiger partial charge in [0.15, 0.2) is 0 Å². The molecule has 1 aromatic carbocycles. The van der Waals surface area contributed by atoms with Crippen molar-refractivity contribution in [1.82, 2.24) is 15.5 Å². The Bertz CT molecular complexity index is 940. The van der Waals surface area contributed by atoms with Crippen molar-refractivity contribution in [3.05, 3.63) is 35.9 Å². The standard InChI is InChI=1S/C26H37N3O5/c1-5-6-10-13-28-23(32)21-26-14-16(2)25(3,34-26)19(22(31)27-4)20(26)24(33)29(21)18(15-30)17-11-8-7-9-12-17/h7-9,11-12,16,18-21,30H,5-6,10,13-15H2,1-4H3,(H,27,31)(H,28,32)/t16?,18-,19-,20+,21?,25+,26?/m1/s1. The minimum Gasteiger partial charge on any atom is -0.394 e. The van der Waals surface area contributed by atoms with E-state index in [1.807, 2.05) is 44.2 Å². The van der Waals surface area contributed by atoms with E-state index in [2.05, 4.69) is 17.6 Å². The van der Waals surface area contributed by atoms with Gasteiger partial charge >= 0.3 is 0 Å². The minimum absolute atomic E-state index is 0.0153. The second-order valence-electron chi connectivity index (χ2n) is 10.2. The number of amides is 3. The summed E-state index contributed by atoms with van der Waals surface area (Å²) in [4.78, 5) is 42.4. The minimum atomic E-state index is -1.11. The summed E-state index contributed by atoms with van der Waals surface area (Å²) >= 11 is 0. The predicted molar refractivity (Wildman–Crippen MR) is 126 cm³/mol. The molecule has 3 saturated heterocycles. The molecule has 8 nitrogen and oxygen atoms in total. The smallest absolute Gasteiger partial charge is 0.245 e. The van der Waals surface area contributed by atoms with Gasteiger partial charge in [0, 0.05) is 13.6 Å². The van der Waals surface area contributed by atoms with Crippen molar-refractivity contribution >= 4 is 17.7 Å². The van der Waals surface area contributed by atoms with Crippen molar-refractivity contribution in [3.8, 4) is 0 Å². The summed E-state index contributed by atoms with van der Waals surface area (Å²) < 4.78 is 6.65. The first kappa shape index (κ1) is 24.7. The van der Waals surface area contributed by atoms with Crippen LogP contribution in [0.5, 0.6) is 0 Å². The molecule has 1 aromatic rings. The summed E-state index contributed by atoms with van der Waals surface area (Å²) in [5.41, 5.74) is -1.21. The van der Waals surface area contributed by atoms with E-state index in [0.29, 0.717) is 13.0 Å². The van der Waals surface area contributed by atoms with E-state index >= 15 is 0 Å². The van der Waals surface area contributed by atoms with E-state index < -0.39 is 35.1 Å². The third-order valence-electron chi connectivity index (χ3n) is 8.30. The van der Waals surface area contributed by atoms with E-state index in [-0.39, 0.29) is 30.2 Å². The maximum Gasteiger partial charge on any atom is 0.245 e. The van der Waals surface area contributed by atoms with Gasteiger partial charge in [0.1, 0.15) is 11.6 Å². The number of hydrogen-bond donors (Lipinski definition) is 3. The number of hydrogen-bond acceptors (Lipinski definition) is 5. The molecule has 3 aliphatic heterocycles. The quantitative estimate of drug-likeness (QED) is 0.476. The number of ether oxygens (including phenoxy) is 1. The molecular formula is C26H37N3O5. The SMILES string of the molecule is CCCCCNC(=O)C1N([C@H](CO)c2ccccc2)C(=O)[C@@H]2[C@H](C(=O)NC)[C@@]3(C)OC12CC3C. The molecule has 0 saturated carbocycles. The van der Waals surface area contributed by atoms with Crippen molar-refractivity contribution in [2.75, 3.05) is 20.2 Å². The Balaban J connectivity index is 1.79. The van der Waals surface area contributed by atoms with Gasteiger partial charge < -0.3 is 25.4 Å². The molecule has 3 heterocycles. The van der Waals surface area contributed by atoms with Gasteiger partial charge in [-0.25, -0.2) is 0 Å². The number of unbranched alkanes of at least 4 members (excludes halogenated alkanes) is 2. The van der Waals surface area contributed by atoms with E-state index in [1.54, 1.807) is 7.05 Å². The van der Waals surface area contributed by atoms with Crippen molar-refractivity contribution in [1.29, 1.82) is 0 Å². The van der Waals surface area contributed by atoms with Crippen molar-refractivity contribution < 1.29 is 24.2 Å². The van der Waals surface area contributed by atoms with Gasteiger partial charge in [0.2, 0.25) is 17.7 Å². The lowest BCUT2D eigenvalue weighted by Crippen LogP contribution is -2.56. The van der Waals surface area contributed by atoms with E-state index in [1.165, 1.54) is 4.90 Å². The summed E-state index contributed by atoms with van der Waals surface area (Å²) in [5, 5.41) is 16.1. The van der Waals surface area contributed by atoms with Crippen LogP contribution < -0.4 is 10.6 Å². The van der Waals surface area contributed by atoms with Crippen molar-refractivity contribution in [2.45, 2.75) is 69.7 Å². The topological polar surface area (TPSA) is 108 Å². The zero-order valence-electron chi connectivity index (χ0n) is 20.5. The third-order valence-corrected chi connectivity index (χ3v) is 8.30. The Kier molecular flexibility index (Phi) is 6.75. The fourth-order valence-corrected chi connectivity index (χ4v) is 6.58. The van der Waals surface area contributed by atoms with Gasteiger partial charge in [-0.05, 0) is 31.2 Å². The molecule has 3 N–H and O–H groups in total. The summed E-state index contributed by atoms with van der Waals surface area (Å²) in [5.74, 6) is -2.34. The molecule has 1 spiro atoms. The Morgan fingerprint density at radius 3 is 2.56 bits per heavy atom. The van der Waals surface area contributed by atoms with Crippen LogP contribution in [0.4, 0.5) is 0 Å². The lowest BCUT2D eigenvalue weighted by molar-refractivity contribution is -0.151. The van der Waals surface area contributed by atoms with Crippen LogP contribution in [0.15, 0.2) is 30.3 Å². The van der Waals surface area contributed by atoms with Crippen LogP contribution in [0, 0.1) is 17.8 Å². The number of carbonyl (C=O) groups is 3. The number of aliphatic hydroxyl groups excluding tert-OH is 1. The van der Waals surface area contributed by atoms with Gasteiger partial charge in [0.05, 0.1) is 30.1 Å². The predicted octanol–water partition coefficient (Wildman–Crippen LogP) is 1.78. The number of likely N-dealkylation sites (tertiary alicyclic amines) is 1. The maximum absolute atomic E-state index is 14.1. The summed E-state index contributed by atoms with van der Waals surface area (Å²) in [6.07, 6.45) is 3.37. The number of aliphatic hydroxyl groups is 1. The van der Waals surface area contributed by atoms with Crippen LogP contribution in [0.25, 0.3) is 0 Å². The molecule has 3 fully saturated rings. The fraction of sp³-hybridized carbons (Fsp3) is 0.654. The summed E-state index contributed by atoms with van der Waals surface area (Å²) in [7, 11) is 1.56. The van der Waals surface area contributed by atoms with Gasteiger partial charge in [0.25, 0.3) is 0 Å². The van der Waals surface area contributed by atoms with Crippen LogP contribution in [-0.4, -0.2) is 65.2 Å². The van der Waals surface area contributed by atoms with Gasteiger partial charge in [-0.1, -0.05) is 57.0 Å². The molecule has 4 rings (SSSR count). The van der Waals surface area contributed by atoms with Crippen LogP contribution in [0.2, 0.25) is 0 Å². The molecule has 186 valence electrons. The molecule has 8 heteroatoms. The Morgan fingerprint density at radius 1 is 1.24 bits per heavy atom. The zero-order valence-corrected chi connectivity index (χ0v) is 20.5. The zero-order chi connectivity index (χ0) is 24.7. The molecule has 0 radical (unpaired) electrons. The highest BCUT2D eigenvalue weighted by Crippen LogP contribution is 2.65. The van der Waals surface area contributed by atoms with Crippen LogP contribution in [-0.2, 0) is 19.1 Å². The second kappa shape index (κ2) is 9.30. The third kappa shape index (κ3) is 3.53. The summed E-state index contributed by atoms with van der Waals surface area (Å²) in [6, 6.07) is 7.60. The lowest BCUT2D eigenvalue weighted by atomic mass is 9.62. The lowest BCUT2D eigenvalue weighted by Gasteiger charge is -2.37. The average molecular weight is 472 g/mol. The molecule has 2 bridgehead atoms. The highest BCUT2D eigenvalue weighted by molar-refractivity contribution is 5.99. The maximum atomic E-state index is 14.1. The molecule has 0 aliphatic carbocycles. The number of fused-ring (bicyclic) bond motifs is 1. The van der Waals surface area contributed by atoms with E-state index in [4.69, 9.17) is 4.74 Å². The molecule has 3 aliphatic rings. The van der Waals surface area contributed by atoms with E-state index in [9.17, 15) is 19.5 Å². The van der Waals surface area contributed by atoms with Crippen LogP contribution >= 0.6 is 0 Å². The van der Waals surface area contributed by atoms with Crippen LogP contribution in [0.3, 0.4) is 0 Å². The van der Waals surface area contributed by atoms with Gasteiger partial charge in [-0.2, -0.15) is 0 Å². The second-order valence-corrected chi connectivity index (χ2v) is 10.2. The number of nitrogens with zero attached hydrogens (tertiary/aromatic N) is 1. The molecule has 3 amide bonds. The van der Waals surface area contributed by atoms with Crippen molar-refractivity contribution in [3.63, 3.8) is 0 Å². The molecule has 34 heavy (non-hydrogen) atoms. The van der Waals surface area contributed by atoms with Gasteiger partial charge in [-0.3, -0.25) is 14.4 Å². The number of nitrogens with one attached hydrogen (secondary N) is 2. The highest BCUT2D eigenvalue weighted by Gasteiger charge is 2.80. The number of benzene rings is 1. The first-order valence-electron chi connectivity index (χ1n) is 12.4. The number of rotatable bonds is 9. The van der Waals surface area contributed by atoms with Crippen LogP contribution in [0.1, 0.15) is 58.1 Å². The molecule has 0 aromatic heterocycles. The number of carbonyl (C=O) groups excluding carboxylic acids is 3. The van der Waals surface area contributed by atoms with E-state index in [0.717, 1.165) is 24.8 Å². The Labute approximate surface area is 201 Å². The molecular weight excluding hydrogens is 434 g/mol. The Hall–Kier alpha value is -2.45. The fourth-order valence-electron chi connectivity index (χ4n) is 6.58.